The molecule has 9 heteroatoms. The van der Waals surface area contributed by atoms with Crippen molar-refractivity contribution in [2.24, 2.45) is 0 Å². The Morgan fingerprint density at radius 3 is 2.88 bits per heavy atom. The number of hydrogen-bond donors (Lipinski definition) is 0. The summed E-state index contributed by atoms with van der Waals surface area (Å²) in [6.07, 6.45) is 0. The van der Waals surface area contributed by atoms with Crippen molar-refractivity contribution in [3.63, 3.8) is 0 Å². The molecule has 4 aromatic rings. The zero-order valence-corrected chi connectivity index (χ0v) is 13.6. The Morgan fingerprint density at radius 1 is 1.12 bits per heavy atom. The van der Waals surface area contributed by atoms with Gasteiger partial charge in [0.1, 0.15) is 11.0 Å². The molecule has 7 nitrogen and oxygen atoms in total. The molecule has 0 bridgehead atoms. The molecule has 0 aliphatic rings. The third-order valence-corrected chi connectivity index (χ3v) is 3.84. The predicted octanol–water partition coefficient (Wildman–Crippen LogP) is 3.42. The maximum Gasteiger partial charge on any atom is 0.267 e. The van der Waals surface area contributed by atoms with Crippen molar-refractivity contribution < 1.29 is 9.36 Å². The number of rotatable bonds is 4. The third-order valence-electron chi connectivity index (χ3n) is 3.27. The summed E-state index contributed by atoms with van der Waals surface area (Å²) in [4.78, 5) is 11.1. The summed E-state index contributed by atoms with van der Waals surface area (Å²) >= 11 is 12.1. The fraction of sp³-hybridized carbons (Fsp3) is 0.0667. The van der Waals surface area contributed by atoms with Gasteiger partial charge in [0, 0.05) is 10.6 Å². The highest BCUT2D eigenvalue weighted by Crippen LogP contribution is 2.25. The molecule has 0 unspecified atom stereocenters. The zero-order chi connectivity index (χ0) is 16.5. The number of fused-ring (bicyclic) bond motifs is 1. The summed E-state index contributed by atoms with van der Waals surface area (Å²) in [6, 6.07) is 12.4. The summed E-state index contributed by atoms with van der Waals surface area (Å²) in [5.41, 5.74) is 2.00. The Morgan fingerprint density at radius 2 is 2.00 bits per heavy atom. The lowest BCUT2D eigenvalue weighted by molar-refractivity contribution is 0.0583. The van der Waals surface area contributed by atoms with Gasteiger partial charge in [-0.05, 0) is 35.5 Å². The van der Waals surface area contributed by atoms with Crippen molar-refractivity contribution in [2.75, 3.05) is 0 Å². The van der Waals surface area contributed by atoms with Crippen LogP contribution in [0.4, 0.5) is 0 Å². The largest absolute Gasteiger partial charge is 0.385 e. The molecule has 24 heavy (non-hydrogen) atoms. The second-order valence-electron chi connectivity index (χ2n) is 4.86. The van der Waals surface area contributed by atoms with Crippen molar-refractivity contribution in [3.05, 3.63) is 58.4 Å². The van der Waals surface area contributed by atoms with E-state index in [4.69, 9.17) is 32.6 Å². The minimum Gasteiger partial charge on any atom is -0.385 e. The molecular weight excluding hydrogens is 353 g/mol. The van der Waals surface area contributed by atoms with Gasteiger partial charge in [0.25, 0.3) is 5.89 Å². The monoisotopic (exact) mass is 361 g/mol. The first kappa shape index (κ1) is 14.9. The lowest BCUT2D eigenvalue weighted by Crippen LogP contribution is -2.13. The normalized spacial score (nSPS) is 11.1. The first-order chi connectivity index (χ1) is 11.7. The van der Waals surface area contributed by atoms with Crippen LogP contribution in [-0.4, -0.2) is 25.3 Å². The van der Waals surface area contributed by atoms with E-state index in [-0.39, 0.29) is 12.5 Å². The van der Waals surface area contributed by atoms with Gasteiger partial charge in [-0.3, -0.25) is 0 Å². The van der Waals surface area contributed by atoms with Crippen LogP contribution in [0, 0.1) is 0 Å². The van der Waals surface area contributed by atoms with Crippen LogP contribution in [-0.2, 0) is 6.61 Å². The second-order valence-corrected chi connectivity index (χ2v) is 5.70. The molecule has 2 aromatic carbocycles. The average molecular weight is 362 g/mol. The van der Waals surface area contributed by atoms with Gasteiger partial charge in [0.15, 0.2) is 6.61 Å². The van der Waals surface area contributed by atoms with Crippen molar-refractivity contribution in [1.82, 2.24) is 25.3 Å². The molecule has 0 atom stereocenters. The van der Waals surface area contributed by atoms with Crippen molar-refractivity contribution in [2.45, 2.75) is 6.61 Å². The van der Waals surface area contributed by atoms with E-state index in [1.165, 1.54) is 4.85 Å². The molecule has 120 valence electrons. The van der Waals surface area contributed by atoms with E-state index in [2.05, 4.69) is 20.5 Å². The zero-order valence-electron chi connectivity index (χ0n) is 12.1. The quantitative estimate of drug-likeness (QED) is 0.554. The number of hydrogen-bond acceptors (Lipinski definition) is 6. The molecule has 2 heterocycles. The van der Waals surface area contributed by atoms with E-state index in [1.54, 1.807) is 24.3 Å². The van der Waals surface area contributed by atoms with Crippen molar-refractivity contribution in [1.29, 1.82) is 0 Å². The predicted molar refractivity (Wildman–Crippen MR) is 87.6 cm³/mol. The molecule has 0 amide bonds. The molecule has 4 rings (SSSR count). The van der Waals surface area contributed by atoms with Gasteiger partial charge in [0.2, 0.25) is 5.82 Å². The maximum atomic E-state index is 6.12. The number of aromatic nitrogens is 5. The lowest BCUT2D eigenvalue weighted by Gasteiger charge is -2.01. The number of nitrogens with zero attached hydrogens (tertiary/aromatic N) is 5. The minimum atomic E-state index is 0.0302. The van der Waals surface area contributed by atoms with Gasteiger partial charge in [-0.1, -0.05) is 45.3 Å². The van der Waals surface area contributed by atoms with Crippen molar-refractivity contribution >= 4 is 34.2 Å². The van der Waals surface area contributed by atoms with E-state index in [0.29, 0.717) is 32.5 Å². The first-order valence-corrected chi connectivity index (χ1v) is 7.68. The van der Waals surface area contributed by atoms with Crippen LogP contribution in [0.2, 0.25) is 10.0 Å². The first-order valence-electron chi connectivity index (χ1n) is 6.92. The van der Waals surface area contributed by atoms with Gasteiger partial charge in [0.05, 0.1) is 5.02 Å². The molecule has 0 aliphatic heterocycles. The van der Waals surface area contributed by atoms with Crippen LogP contribution < -0.4 is 4.84 Å². The van der Waals surface area contributed by atoms with Gasteiger partial charge < -0.3 is 9.36 Å². The molecule has 0 spiro atoms. The van der Waals surface area contributed by atoms with Crippen LogP contribution in [0.5, 0.6) is 0 Å². The summed E-state index contributed by atoms with van der Waals surface area (Å²) in [6.45, 7) is 0.0302. The highest BCUT2D eigenvalue weighted by atomic mass is 35.5. The smallest absolute Gasteiger partial charge is 0.267 e. The molecule has 0 radical (unpaired) electrons. The van der Waals surface area contributed by atoms with Gasteiger partial charge in [-0.2, -0.15) is 4.98 Å². The van der Waals surface area contributed by atoms with Crippen LogP contribution in [0.15, 0.2) is 47.0 Å². The summed E-state index contributed by atoms with van der Waals surface area (Å²) in [5.74, 6) is 0.682. The topological polar surface area (TPSA) is 78.9 Å². The fourth-order valence-corrected chi connectivity index (χ4v) is 2.54. The van der Waals surface area contributed by atoms with Crippen LogP contribution in [0.3, 0.4) is 0 Å². The molecule has 2 aromatic heterocycles. The number of halogens is 2. The molecule has 0 N–H and O–H groups in total. The van der Waals surface area contributed by atoms with E-state index < -0.39 is 0 Å². The second kappa shape index (κ2) is 6.10. The van der Waals surface area contributed by atoms with E-state index >= 15 is 0 Å². The Balaban J connectivity index is 1.54. The maximum absolute atomic E-state index is 6.12. The van der Waals surface area contributed by atoms with Crippen LogP contribution in [0.1, 0.15) is 5.89 Å². The summed E-state index contributed by atoms with van der Waals surface area (Å²) < 4.78 is 5.18. The molecule has 0 fully saturated rings. The molecule has 0 saturated carbocycles. The fourth-order valence-electron chi connectivity index (χ4n) is 2.15. The highest BCUT2D eigenvalue weighted by molar-refractivity contribution is 6.33. The summed E-state index contributed by atoms with van der Waals surface area (Å²) in [5, 5.41) is 12.9. The van der Waals surface area contributed by atoms with E-state index in [0.717, 1.165) is 0 Å². The Bertz CT molecular complexity index is 1010. The van der Waals surface area contributed by atoms with Crippen molar-refractivity contribution in [3.8, 4) is 11.4 Å². The average Bonchev–Trinajstić information content (AvgIpc) is 3.20. The number of benzene rings is 2. The van der Waals surface area contributed by atoms with Gasteiger partial charge in [-0.15, -0.1) is 5.10 Å². The SMILES string of the molecule is Clc1ccc2nnn(OCc3nc(-c4ccccc4Cl)no3)c2c1. The van der Waals surface area contributed by atoms with Gasteiger partial charge in [-0.25, -0.2) is 0 Å². The molecular formula is C15H9Cl2N5O2. The Hall–Kier alpha value is -2.64. The molecule has 0 aliphatic carbocycles. The third kappa shape index (κ3) is 2.79. The standard InChI is InChI=1S/C15H9Cl2N5O2/c16-9-5-6-12-13(7-9)22(21-19-12)23-8-14-18-15(20-24-14)10-3-1-2-4-11(10)17/h1-7H,8H2. The Labute approximate surface area is 145 Å². The Kier molecular flexibility index (Phi) is 3.79. The van der Waals surface area contributed by atoms with E-state index in [1.807, 2.05) is 18.2 Å². The van der Waals surface area contributed by atoms with Crippen LogP contribution >= 0.6 is 23.2 Å². The van der Waals surface area contributed by atoms with Gasteiger partial charge >= 0.3 is 0 Å². The van der Waals surface area contributed by atoms with Crippen LogP contribution in [0.25, 0.3) is 22.4 Å². The lowest BCUT2D eigenvalue weighted by atomic mass is 10.2. The summed E-state index contributed by atoms with van der Waals surface area (Å²) in [7, 11) is 0. The highest BCUT2D eigenvalue weighted by Gasteiger charge is 2.13. The molecule has 0 saturated heterocycles. The minimum absolute atomic E-state index is 0.0302. The van der Waals surface area contributed by atoms with E-state index in [9.17, 15) is 0 Å².